The number of nitrogens with two attached hydrogens (primary N) is 1. The Bertz CT molecular complexity index is 1740. The van der Waals surface area contributed by atoms with Crippen LogP contribution >= 0.6 is 0 Å². The smallest absolute Gasteiger partial charge is 0.323 e. The predicted molar refractivity (Wildman–Crippen MR) is 157 cm³/mol. The van der Waals surface area contributed by atoms with Crippen molar-refractivity contribution >= 4 is 51.4 Å². The molecule has 0 heterocycles. The molecule has 43 heavy (non-hydrogen) atoms. The van der Waals surface area contributed by atoms with E-state index in [4.69, 9.17) is 5.73 Å². The average Bonchev–Trinajstić information content (AvgIpc) is 2.96. The summed E-state index contributed by atoms with van der Waals surface area (Å²) >= 11 is 0. The van der Waals surface area contributed by atoms with E-state index in [1.807, 2.05) is 30.3 Å². The van der Waals surface area contributed by atoms with Gasteiger partial charge in [-0.25, -0.2) is 4.79 Å². The highest BCUT2D eigenvalue weighted by molar-refractivity contribution is 6.19. The van der Waals surface area contributed by atoms with Crippen LogP contribution in [0.5, 0.6) is 5.75 Å². The molecule has 3 aliphatic rings. The maximum atomic E-state index is 13.9. The quantitative estimate of drug-likeness (QED) is 0.180. The summed E-state index contributed by atoms with van der Waals surface area (Å²) in [4.78, 5) is 52.2. The van der Waals surface area contributed by atoms with Crippen molar-refractivity contribution in [1.82, 2.24) is 0 Å². The molecule has 0 spiro atoms. The van der Waals surface area contributed by atoms with Gasteiger partial charge in [-0.15, -0.1) is 0 Å². The number of aliphatic hydroxyl groups is 3. The topological polar surface area (TPSA) is 199 Å². The Balaban J connectivity index is 1.37. The van der Waals surface area contributed by atoms with Crippen molar-refractivity contribution in [2.75, 3.05) is 10.6 Å². The zero-order chi connectivity index (χ0) is 30.9. The lowest BCUT2D eigenvalue weighted by Crippen LogP contribution is -2.62. The number of hydrogen-bond donors (Lipinski definition) is 7. The summed E-state index contributed by atoms with van der Waals surface area (Å²) in [5.41, 5.74) is 5.93. The number of Topliss-reactive ketones (excluding diaryl/α,β-unsaturated/α-hetero) is 2. The number of phenols is 1. The number of phenolic OH excluding ortho intramolecular Hbond substituents is 1. The molecule has 2 saturated carbocycles. The minimum atomic E-state index is -1.63. The average molecular weight is 586 g/mol. The highest BCUT2D eigenvalue weighted by Crippen LogP contribution is 2.55. The minimum absolute atomic E-state index is 0.0461. The number of hydrogen-bond acceptors (Lipinski definition) is 8. The molecule has 222 valence electrons. The van der Waals surface area contributed by atoms with Gasteiger partial charge in [-0.1, -0.05) is 56.3 Å². The fourth-order valence-electron chi connectivity index (χ4n) is 7.34. The number of nitrogens with one attached hydrogen (secondary N) is 2. The third-order valence-corrected chi connectivity index (χ3v) is 9.45. The fourth-order valence-corrected chi connectivity index (χ4v) is 7.34. The molecule has 0 radical (unpaired) electrons. The van der Waals surface area contributed by atoms with Gasteiger partial charge in [0.1, 0.15) is 17.4 Å². The second-order valence-electron chi connectivity index (χ2n) is 11.7. The van der Waals surface area contributed by atoms with E-state index in [9.17, 15) is 39.6 Å². The molecule has 6 rings (SSSR count). The molecule has 0 saturated heterocycles. The lowest BCUT2D eigenvalue weighted by Gasteiger charge is -2.51. The van der Waals surface area contributed by atoms with Crippen LogP contribution in [0.15, 0.2) is 60.2 Å². The molecular formula is C32H31N3O8. The molecule has 3 aliphatic carbocycles. The Labute approximate surface area is 246 Å². The lowest BCUT2D eigenvalue weighted by atomic mass is 9.53. The van der Waals surface area contributed by atoms with E-state index >= 15 is 0 Å². The van der Waals surface area contributed by atoms with Gasteiger partial charge in [0.2, 0.25) is 5.91 Å². The number of amides is 3. The van der Waals surface area contributed by atoms with Gasteiger partial charge in [0.15, 0.2) is 11.6 Å². The van der Waals surface area contributed by atoms with E-state index in [0.717, 1.165) is 10.8 Å². The third-order valence-electron chi connectivity index (χ3n) is 9.45. The van der Waals surface area contributed by atoms with Crippen molar-refractivity contribution in [3.05, 3.63) is 71.3 Å². The first-order valence-electron chi connectivity index (χ1n) is 14.0. The second kappa shape index (κ2) is 10.2. The zero-order valence-corrected chi connectivity index (χ0v) is 23.3. The van der Waals surface area contributed by atoms with Crippen LogP contribution in [0.4, 0.5) is 16.2 Å². The number of ketones is 2. The molecule has 0 bridgehead atoms. The minimum Gasteiger partial charge on any atom is -0.507 e. The summed E-state index contributed by atoms with van der Waals surface area (Å²) in [7, 11) is 0. The SMILES string of the molecule is CC1C(O)C(C(N)=O)C(=O)C2C(=O)C3=C(O)c4c(ccc(NC(=O)Nc5cccc6ccccc56)c4O)[C@H](C)C3[C@H](O)C21. The summed E-state index contributed by atoms with van der Waals surface area (Å²) < 4.78 is 0. The number of anilines is 2. The van der Waals surface area contributed by atoms with Crippen molar-refractivity contribution in [2.24, 2.45) is 35.3 Å². The normalized spacial score (nSPS) is 29.9. The number of benzene rings is 3. The molecule has 8 atom stereocenters. The summed E-state index contributed by atoms with van der Waals surface area (Å²) in [5.74, 6) is -10.5. The highest BCUT2D eigenvalue weighted by Gasteiger charge is 2.61. The first-order chi connectivity index (χ1) is 20.4. The van der Waals surface area contributed by atoms with Crippen molar-refractivity contribution in [2.45, 2.75) is 32.0 Å². The van der Waals surface area contributed by atoms with Gasteiger partial charge in [-0.3, -0.25) is 14.4 Å². The maximum absolute atomic E-state index is 13.9. The molecule has 3 amide bonds. The van der Waals surface area contributed by atoms with Gasteiger partial charge in [0, 0.05) is 22.8 Å². The number of fused-ring (bicyclic) bond motifs is 4. The number of urea groups is 1. The van der Waals surface area contributed by atoms with E-state index in [1.165, 1.54) is 6.07 Å². The molecule has 2 fully saturated rings. The molecule has 6 unspecified atom stereocenters. The second-order valence-corrected chi connectivity index (χ2v) is 11.7. The molecule has 8 N–H and O–H groups in total. The van der Waals surface area contributed by atoms with E-state index in [-0.39, 0.29) is 16.8 Å². The van der Waals surface area contributed by atoms with Gasteiger partial charge in [-0.2, -0.15) is 0 Å². The molecule has 0 aromatic heterocycles. The largest absolute Gasteiger partial charge is 0.507 e. The lowest BCUT2D eigenvalue weighted by molar-refractivity contribution is -0.164. The number of aromatic hydroxyl groups is 1. The Morgan fingerprint density at radius 2 is 1.53 bits per heavy atom. The van der Waals surface area contributed by atoms with Crippen molar-refractivity contribution < 1.29 is 39.6 Å². The number of carbonyl (C=O) groups excluding carboxylic acids is 4. The molecule has 11 heteroatoms. The molecule has 0 aliphatic heterocycles. The van der Waals surface area contributed by atoms with Gasteiger partial charge < -0.3 is 36.8 Å². The molecular weight excluding hydrogens is 554 g/mol. The number of rotatable bonds is 3. The predicted octanol–water partition coefficient (Wildman–Crippen LogP) is 3.05. The van der Waals surface area contributed by atoms with Crippen LogP contribution in [0.2, 0.25) is 0 Å². The van der Waals surface area contributed by atoms with E-state index in [1.54, 1.807) is 32.0 Å². The fraction of sp³-hybridized carbons (Fsp3) is 0.312. The highest BCUT2D eigenvalue weighted by atomic mass is 16.3. The number of aliphatic hydroxyl groups excluding tert-OH is 3. The van der Waals surface area contributed by atoms with Crippen LogP contribution in [-0.2, 0) is 14.4 Å². The van der Waals surface area contributed by atoms with Crippen LogP contribution in [0.1, 0.15) is 30.9 Å². The van der Waals surface area contributed by atoms with Crippen LogP contribution in [0.3, 0.4) is 0 Å². The number of primary amides is 1. The molecule has 3 aromatic rings. The zero-order valence-electron chi connectivity index (χ0n) is 23.3. The van der Waals surface area contributed by atoms with Crippen molar-refractivity contribution in [3.8, 4) is 5.75 Å². The summed E-state index contributed by atoms with van der Waals surface area (Å²) in [5, 5.41) is 52.0. The third kappa shape index (κ3) is 4.18. The summed E-state index contributed by atoms with van der Waals surface area (Å²) in [6, 6.07) is 15.3. The Hall–Kier alpha value is -4.74. The molecule has 3 aromatic carbocycles. The maximum Gasteiger partial charge on any atom is 0.323 e. The number of carbonyl (C=O) groups is 4. The Morgan fingerprint density at radius 1 is 0.860 bits per heavy atom. The van der Waals surface area contributed by atoms with Crippen LogP contribution < -0.4 is 16.4 Å². The summed E-state index contributed by atoms with van der Waals surface area (Å²) in [6.45, 7) is 3.26. The van der Waals surface area contributed by atoms with Crippen LogP contribution in [-0.4, -0.2) is 56.1 Å². The van der Waals surface area contributed by atoms with Crippen LogP contribution in [0.25, 0.3) is 16.5 Å². The van der Waals surface area contributed by atoms with Gasteiger partial charge in [0.25, 0.3) is 0 Å². The van der Waals surface area contributed by atoms with Gasteiger partial charge >= 0.3 is 6.03 Å². The van der Waals surface area contributed by atoms with Crippen molar-refractivity contribution in [1.29, 1.82) is 0 Å². The van der Waals surface area contributed by atoms with Crippen LogP contribution in [0, 0.1) is 29.6 Å². The van der Waals surface area contributed by atoms with E-state index in [0.29, 0.717) is 11.3 Å². The van der Waals surface area contributed by atoms with Gasteiger partial charge in [0.05, 0.1) is 35.1 Å². The van der Waals surface area contributed by atoms with E-state index < -0.39 is 82.7 Å². The van der Waals surface area contributed by atoms with Crippen molar-refractivity contribution in [3.63, 3.8) is 0 Å². The first kappa shape index (κ1) is 28.4. The van der Waals surface area contributed by atoms with E-state index in [2.05, 4.69) is 10.6 Å². The van der Waals surface area contributed by atoms with Gasteiger partial charge in [-0.05, 0) is 34.9 Å². The summed E-state index contributed by atoms with van der Waals surface area (Å²) in [6.07, 6.45) is -2.81. The first-order valence-corrected chi connectivity index (χ1v) is 14.0. The molecule has 11 nitrogen and oxygen atoms in total. The standard InChI is InChI=1S/C32H31N3O8/c1-12-15-10-11-18(35-32(43)34-17-9-5-7-14-6-3-4-8-16(14)17)26(37)21(15)28(39)22-19(12)27(38)20-13(2)25(36)24(31(33)42)30(41)23(20)29(22)40/h3-13,19-20,23-25,27,36-39H,1-2H3,(H2,33,42)(H2,34,35,43)/t12-,13?,19?,20?,23?,24?,25?,27-/m0/s1. The monoisotopic (exact) mass is 585 g/mol. The Kier molecular flexibility index (Phi) is 6.74. The Morgan fingerprint density at radius 3 is 2.26 bits per heavy atom.